The van der Waals surface area contributed by atoms with E-state index in [2.05, 4.69) is 5.32 Å². The fraction of sp³-hybridized carbons (Fsp3) is 0.381. The Labute approximate surface area is 164 Å². The van der Waals surface area contributed by atoms with Gasteiger partial charge in [0.1, 0.15) is 0 Å². The van der Waals surface area contributed by atoms with E-state index in [1.165, 1.54) is 0 Å². The van der Waals surface area contributed by atoms with Crippen LogP contribution >= 0.6 is 11.6 Å². The van der Waals surface area contributed by atoms with Crippen molar-refractivity contribution in [3.63, 3.8) is 0 Å². The number of likely N-dealkylation sites (tertiary alicyclic amines) is 1. The van der Waals surface area contributed by atoms with Crippen molar-refractivity contribution < 1.29 is 14.3 Å². The fourth-order valence-corrected chi connectivity index (χ4v) is 3.79. The van der Waals surface area contributed by atoms with Gasteiger partial charge < -0.3 is 19.7 Å². The van der Waals surface area contributed by atoms with Crippen LogP contribution in [-0.2, 0) is 0 Å². The number of hydrogen-bond donors (Lipinski definition) is 1. The molecule has 27 heavy (non-hydrogen) atoms. The van der Waals surface area contributed by atoms with Crippen molar-refractivity contribution in [3.05, 3.63) is 52.5 Å². The van der Waals surface area contributed by atoms with E-state index in [1.54, 1.807) is 6.07 Å². The Balaban J connectivity index is 1.52. The molecule has 2 aliphatic rings. The van der Waals surface area contributed by atoms with Gasteiger partial charge in [-0.2, -0.15) is 0 Å². The van der Waals surface area contributed by atoms with Crippen LogP contribution in [0.2, 0.25) is 5.02 Å². The Kier molecular flexibility index (Phi) is 5.12. The molecule has 0 aliphatic carbocycles. The minimum atomic E-state index is -0.107. The van der Waals surface area contributed by atoms with E-state index < -0.39 is 0 Å². The van der Waals surface area contributed by atoms with Crippen molar-refractivity contribution in [1.82, 2.24) is 4.90 Å². The lowest BCUT2D eigenvalue weighted by molar-refractivity contribution is 0.207. The number of fused-ring (bicyclic) bond motifs is 1. The summed E-state index contributed by atoms with van der Waals surface area (Å²) in [5.74, 6) is 1.54. The van der Waals surface area contributed by atoms with Gasteiger partial charge in [-0.1, -0.05) is 23.7 Å². The highest BCUT2D eigenvalue weighted by atomic mass is 35.5. The van der Waals surface area contributed by atoms with Crippen LogP contribution in [0.4, 0.5) is 10.5 Å². The molecule has 2 amide bonds. The zero-order chi connectivity index (χ0) is 18.8. The van der Waals surface area contributed by atoms with Gasteiger partial charge >= 0.3 is 6.03 Å². The second-order valence-electron chi connectivity index (χ2n) is 7.00. The van der Waals surface area contributed by atoms with Gasteiger partial charge in [-0.15, -0.1) is 0 Å². The van der Waals surface area contributed by atoms with Crippen molar-refractivity contribution in [2.24, 2.45) is 0 Å². The molecule has 5 nitrogen and oxygen atoms in total. The summed E-state index contributed by atoms with van der Waals surface area (Å²) in [5.41, 5.74) is 2.77. The van der Waals surface area contributed by atoms with E-state index in [9.17, 15) is 4.79 Å². The number of halogens is 1. The smallest absolute Gasteiger partial charge is 0.322 e. The number of rotatable bonds is 2. The van der Waals surface area contributed by atoms with E-state index in [-0.39, 0.29) is 12.1 Å². The highest BCUT2D eigenvalue weighted by Gasteiger charge is 2.31. The molecule has 2 aromatic carbocycles. The third-order valence-electron chi connectivity index (χ3n) is 5.09. The van der Waals surface area contributed by atoms with Crippen molar-refractivity contribution in [2.45, 2.75) is 32.2 Å². The average Bonchev–Trinajstić information content (AvgIpc) is 3.04. The molecule has 0 saturated carbocycles. The molecule has 1 N–H and O–H groups in total. The van der Waals surface area contributed by atoms with Gasteiger partial charge in [0.25, 0.3) is 0 Å². The second-order valence-corrected chi connectivity index (χ2v) is 7.41. The first kappa shape index (κ1) is 18.0. The van der Waals surface area contributed by atoms with E-state index in [0.717, 1.165) is 48.4 Å². The topological polar surface area (TPSA) is 50.8 Å². The molecule has 1 saturated heterocycles. The molecule has 0 bridgehead atoms. The number of nitrogens with one attached hydrogen (secondary N) is 1. The molecular formula is C21H23ClN2O3. The predicted molar refractivity (Wildman–Crippen MR) is 106 cm³/mol. The van der Waals surface area contributed by atoms with Crippen molar-refractivity contribution in [3.8, 4) is 11.5 Å². The fourth-order valence-electron chi connectivity index (χ4n) is 3.61. The number of hydrogen-bond acceptors (Lipinski definition) is 3. The number of carbonyl (C=O) groups is 1. The standard InChI is InChI=1S/C21H23ClN2O3/c1-14-5-7-16(13-17(14)22)23-21(25)24-9-2-4-18(24)15-6-8-19-20(12-15)27-11-3-10-26-19/h5-8,12-13,18H,2-4,9-11H2,1H3,(H,23,25). The average molecular weight is 387 g/mol. The SMILES string of the molecule is Cc1ccc(NC(=O)N2CCCC2c2ccc3c(c2)OCCCO3)cc1Cl. The maximum Gasteiger partial charge on any atom is 0.322 e. The summed E-state index contributed by atoms with van der Waals surface area (Å²) in [5, 5.41) is 3.62. The number of amides is 2. The molecule has 0 aromatic heterocycles. The molecule has 1 atom stereocenters. The highest BCUT2D eigenvalue weighted by molar-refractivity contribution is 6.31. The normalized spacial score (nSPS) is 18.9. The van der Waals surface area contributed by atoms with Crippen LogP contribution < -0.4 is 14.8 Å². The quantitative estimate of drug-likeness (QED) is 0.773. The maximum atomic E-state index is 12.9. The van der Waals surface area contributed by atoms with Crippen molar-refractivity contribution in [2.75, 3.05) is 25.1 Å². The van der Waals surface area contributed by atoms with Crippen LogP contribution in [0.1, 0.15) is 36.4 Å². The number of nitrogens with zero attached hydrogens (tertiary/aromatic N) is 1. The molecule has 142 valence electrons. The summed E-state index contributed by atoms with van der Waals surface area (Å²) in [6.45, 7) is 3.99. The van der Waals surface area contributed by atoms with Gasteiger partial charge in [0.05, 0.1) is 19.3 Å². The number of aryl methyl sites for hydroxylation is 1. The van der Waals surface area contributed by atoms with E-state index in [1.807, 2.05) is 42.2 Å². The number of benzene rings is 2. The summed E-state index contributed by atoms with van der Waals surface area (Å²) < 4.78 is 11.5. The Morgan fingerprint density at radius 1 is 1.11 bits per heavy atom. The minimum absolute atomic E-state index is 0.0306. The minimum Gasteiger partial charge on any atom is -0.490 e. The lowest BCUT2D eigenvalue weighted by Gasteiger charge is -2.26. The molecule has 2 heterocycles. The van der Waals surface area contributed by atoms with Crippen molar-refractivity contribution in [1.29, 1.82) is 0 Å². The third kappa shape index (κ3) is 3.83. The molecular weight excluding hydrogens is 364 g/mol. The molecule has 4 rings (SSSR count). The Morgan fingerprint density at radius 3 is 2.74 bits per heavy atom. The summed E-state index contributed by atoms with van der Waals surface area (Å²) in [6.07, 6.45) is 2.78. The van der Waals surface area contributed by atoms with Gasteiger partial charge in [0, 0.05) is 23.7 Å². The number of anilines is 1. The zero-order valence-electron chi connectivity index (χ0n) is 15.3. The third-order valence-corrected chi connectivity index (χ3v) is 5.50. The van der Waals surface area contributed by atoms with Gasteiger partial charge in [0.15, 0.2) is 11.5 Å². The molecule has 6 heteroatoms. The summed E-state index contributed by atoms with van der Waals surface area (Å²) >= 11 is 6.17. The highest BCUT2D eigenvalue weighted by Crippen LogP contribution is 2.38. The first-order valence-electron chi connectivity index (χ1n) is 9.35. The molecule has 0 spiro atoms. The molecule has 1 unspecified atom stereocenters. The van der Waals surface area contributed by atoms with E-state index in [4.69, 9.17) is 21.1 Å². The van der Waals surface area contributed by atoms with Crippen LogP contribution in [0.3, 0.4) is 0 Å². The Morgan fingerprint density at radius 2 is 1.93 bits per heavy atom. The first-order valence-corrected chi connectivity index (χ1v) is 9.73. The van der Waals surface area contributed by atoms with Gasteiger partial charge in [-0.25, -0.2) is 4.79 Å². The summed E-state index contributed by atoms with van der Waals surface area (Å²) in [6, 6.07) is 11.5. The molecule has 2 aliphatic heterocycles. The number of carbonyl (C=O) groups excluding carboxylic acids is 1. The largest absolute Gasteiger partial charge is 0.490 e. The maximum absolute atomic E-state index is 12.9. The summed E-state index contributed by atoms with van der Waals surface area (Å²) in [7, 11) is 0. The van der Waals surface area contributed by atoms with Gasteiger partial charge in [-0.3, -0.25) is 0 Å². The Hall–Kier alpha value is -2.40. The lowest BCUT2D eigenvalue weighted by atomic mass is 10.0. The number of urea groups is 1. The number of ether oxygens (including phenoxy) is 2. The second kappa shape index (κ2) is 7.69. The Bertz CT molecular complexity index is 855. The summed E-state index contributed by atoms with van der Waals surface area (Å²) in [4.78, 5) is 14.7. The zero-order valence-corrected chi connectivity index (χ0v) is 16.1. The predicted octanol–water partition coefficient (Wildman–Crippen LogP) is 5.18. The van der Waals surface area contributed by atoms with E-state index in [0.29, 0.717) is 23.9 Å². The van der Waals surface area contributed by atoms with Crippen LogP contribution in [-0.4, -0.2) is 30.7 Å². The van der Waals surface area contributed by atoms with Crippen LogP contribution in [0, 0.1) is 6.92 Å². The van der Waals surface area contributed by atoms with Crippen LogP contribution in [0.5, 0.6) is 11.5 Å². The van der Waals surface area contributed by atoms with Crippen LogP contribution in [0.25, 0.3) is 0 Å². The molecule has 1 fully saturated rings. The van der Waals surface area contributed by atoms with Crippen LogP contribution in [0.15, 0.2) is 36.4 Å². The first-order chi connectivity index (χ1) is 13.1. The molecule has 2 aromatic rings. The molecule has 0 radical (unpaired) electrons. The van der Waals surface area contributed by atoms with Gasteiger partial charge in [-0.05, 0) is 55.2 Å². The lowest BCUT2D eigenvalue weighted by Crippen LogP contribution is -2.34. The van der Waals surface area contributed by atoms with Gasteiger partial charge in [0.2, 0.25) is 0 Å². The monoisotopic (exact) mass is 386 g/mol. The van der Waals surface area contributed by atoms with Crippen molar-refractivity contribution >= 4 is 23.3 Å². The van der Waals surface area contributed by atoms with E-state index >= 15 is 0 Å².